The molecule has 0 aliphatic carbocycles. The number of nitrogens with zero attached hydrogens (tertiary/aromatic N) is 4. The first-order chi connectivity index (χ1) is 11.7. The van der Waals surface area contributed by atoms with Crippen molar-refractivity contribution in [3.8, 4) is 28.9 Å². The predicted molar refractivity (Wildman–Crippen MR) is 94.7 cm³/mol. The Hall–Kier alpha value is -2.49. The molecule has 0 aliphatic rings. The summed E-state index contributed by atoms with van der Waals surface area (Å²) in [6, 6.07) is 17.1. The third-order valence-corrected chi connectivity index (χ3v) is 4.38. The van der Waals surface area contributed by atoms with Crippen molar-refractivity contribution in [1.29, 1.82) is 5.26 Å². The minimum atomic E-state index is 0.301. The number of hydrogen-bond donors (Lipinski definition) is 0. The Morgan fingerprint density at radius 3 is 2.46 bits per heavy atom. The van der Waals surface area contributed by atoms with Crippen LogP contribution in [0.3, 0.4) is 0 Å². The van der Waals surface area contributed by atoms with E-state index in [4.69, 9.17) is 21.6 Å². The molecule has 0 unspecified atom stereocenters. The fourth-order valence-electron chi connectivity index (χ4n) is 2.21. The summed E-state index contributed by atoms with van der Waals surface area (Å²) in [6.45, 7) is 0. The fraction of sp³-hybridized carbons (Fsp3) is 0.118. The van der Waals surface area contributed by atoms with Crippen LogP contribution in [0.25, 0.3) is 17.1 Å². The largest absolute Gasteiger partial charge is 0.497 e. The molecule has 120 valence electrons. The topological polar surface area (TPSA) is 63.7 Å². The highest BCUT2D eigenvalue weighted by Crippen LogP contribution is 2.29. The maximum Gasteiger partial charge on any atom is 0.197 e. The van der Waals surface area contributed by atoms with Gasteiger partial charge < -0.3 is 4.74 Å². The van der Waals surface area contributed by atoms with Crippen LogP contribution >= 0.6 is 23.4 Å². The Bertz CT molecular complexity index is 869. The van der Waals surface area contributed by atoms with E-state index in [1.807, 2.05) is 53.1 Å². The summed E-state index contributed by atoms with van der Waals surface area (Å²) >= 11 is 7.31. The van der Waals surface area contributed by atoms with Gasteiger partial charge in [0, 0.05) is 16.3 Å². The number of thioether (sulfide) groups is 1. The Balaban J connectivity index is 2.10. The van der Waals surface area contributed by atoms with E-state index in [0.29, 0.717) is 21.8 Å². The molecule has 0 aliphatic heterocycles. The van der Waals surface area contributed by atoms with Crippen molar-refractivity contribution in [3.63, 3.8) is 0 Å². The lowest BCUT2D eigenvalue weighted by Gasteiger charge is -2.10. The van der Waals surface area contributed by atoms with Crippen molar-refractivity contribution in [2.45, 2.75) is 5.16 Å². The molecule has 0 amide bonds. The van der Waals surface area contributed by atoms with Crippen molar-refractivity contribution in [2.24, 2.45) is 0 Å². The molecule has 5 nitrogen and oxygen atoms in total. The van der Waals surface area contributed by atoms with Crippen molar-refractivity contribution in [2.75, 3.05) is 12.9 Å². The highest BCUT2D eigenvalue weighted by atomic mass is 35.5. The fourth-order valence-corrected chi connectivity index (χ4v) is 2.95. The molecule has 24 heavy (non-hydrogen) atoms. The van der Waals surface area contributed by atoms with Gasteiger partial charge in [-0.2, -0.15) is 5.26 Å². The van der Waals surface area contributed by atoms with Crippen LogP contribution < -0.4 is 4.74 Å². The van der Waals surface area contributed by atoms with E-state index < -0.39 is 0 Å². The molecule has 3 rings (SSSR count). The quantitative estimate of drug-likeness (QED) is 0.641. The molecule has 0 radical (unpaired) electrons. The number of halogens is 1. The minimum absolute atomic E-state index is 0.301. The zero-order chi connectivity index (χ0) is 16.9. The van der Waals surface area contributed by atoms with Crippen molar-refractivity contribution in [1.82, 2.24) is 14.8 Å². The van der Waals surface area contributed by atoms with Crippen LogP contribution in [0.15, 0.2) is 53.7 Å². The van der Waals surface area contributed by atoms with Crippen LogP contribution in [0, 0.1) is 11.3 Å². The highest BCUT2D eigenvalue weighted by molar-refractivity contribution is 7.99. The van der Waals surface area contributed by atoms with Crippen LogP contribution in [0.4, 0.5) is 0 Å². The molecular formula is C17H13ClN4OS. The van der Waals surface area contributed by atoms with Crippen LogP contribution in [-0.4, -0.2) is 27.6 Å². The molecule has 0 atom stereocenters. The summed E-state index contributed by atoms with van der Waals surface area (Å²) in [7, 11) is 1.63. The van der Waals surface area contributed by atoms with E-state index in [0.717, 1.165) is 17.0 Å². The zero-order valence-electron chi connectivity index (χ0n) is 12.8. The number of aromatic nitrogens is 3. The molecule has 7 heteroatoms. The number of ether oxygens (including phenoxy) is 1. The first kappa shape index (κ1) is 16.4. The maximum absolute atomic E-state index is 8.85. The van der Waals surface area contributed by atoms with E-state index >= 15 is 0 Å². The van der Waals surface area contributed by atoms with Gasteiger partial charge in [-0.05, 0) is 48.5 Å². The van der Waals surface area contributed by atoms with Gasteiger partial charge in [0.15, 0.2) is 11.0 Å². The van der Waals surface area contributed by atoms with Gasteiger partial charge in [0.05, 0.1) is 18.9 Å². The van der Waals surface area contributed by atoms with Crippen molar-refractivity contribution < 1.29 is 4.74 Å². The number of hydrogen-bond acceptors (Lipinski definition) is 5. The lowest BCUT2D eigenvalue weighted by Crippen LogP contribution is -2.00. The molecule has 0 N–H and O–H groups in total. The van der Waals surface area contributed by atoms with Gasteiger partial charge in [-0.25, -0.2) is 0 Å². The molecule has 0 saturated heterocycles. The smallest absolute Gasteiger partial charge is 0.197 e. The first-order valence-electron chi connectivity index (χ1n) is 7.08. The Morgan fingerprint density at radius 2 is 1.83 bits per heavy atom. The molecule has 0 bridgehead atoms. The van der Waals surface area contributed by atoms with E-state index in [1.165, 1.54) is 11.8 Å². The monoisotopic (exact) mass is 356 g/mol. The maximum atomic E-state index is 8.85. The van der Waals surface area contributed by atoms with Crippen molar-refractivity contribution >= 4 is 23.4 Å². The number of methoxy groups -OCH3 is 1. The first-order valence-corrected chi connectivity index (χ1v) is 8.45. The van der Waals surface area contributed by atoms with E-state index in [1.54, 1.807) is 7.11 Å². The van der Waals surface area contributed by atoms with Gasteiger partial charge in [-0.15, -0.1) is 10.2 Å². The van der Waals surface area contributed by atoms with Crippen molar-refractivity contribution in [3.05, 3.63) is 53.6 Å². The summed E-state index contributed by atoms with van der Waals surface area (Å²) in [5.74, 6) is 1.76. The summed E-state index contributed by atoms with van der Waals surface area (Å²) in [4.78, 5) is 0. The summed E-state index contributed by atoms with van der Waals surface area (Å²) in [6.07, 6.45) is 0. The Morgan fingerprint density at radius 1 is 1.12 bits per heavy atom. The van der Waals surface area contributed by atoms with Gasteiger partial charge in [-0.3, -0.25) is 4.57 Å². The summed E-state index contributed by atoms with van der Waals surface area (Å²) in [5.41, 5.74) is 1.79. The summed E-state index contributed by atoms with van der Waals surface area (Å²) < 4.78 is 7.13. The van der Waals surface area contributed by atoms with E-state index in [2.05, 4.69) is 16.3 Å². The normalized spacial score (nSPS) is 10.4. The predicted octanol–water partition coefficient (Wildman–Crippen LogP) is 4.21. The Labute approximate surface area is 148 Å². The second-order valence-electron chi connectivity index (χ2n) is 4.79. The average Bonchev–Trinajstić information content (AvgIpc) is 3.04. The molecule has 1 aromatic heterocycles. The standard InChI is InChI=1S/C17H13ClN4OS/c1-23-15-8-6-14(7-9-15)22-16(12-2-4-13(18)5-3-12)20-21-17(22)24-11-10-19/h2-9H,11H2,1H3. The third-order valence-electron chi connectivity index (χ3n) is 3.33. The highest BCUT2D eigenvalue weighted by Gasteiger charge is 2.16. The average molecular weight is 357 g/mol. The zero-order valence-corrected chi connectivity index (χ0v) is 14.4. The number of rotatable bonds is 5. The lowest BCUT2D eigenvalue weighted by atomic mass is 10.2. The second-order valence-corrected chi connectivity index (χ2v) is 6.17. The van der Waals surface area contributed by atoms with E-state index in [9.17, 15) is 0 Å². The van der Waals surface area contributed by atoms with E-state index in [-0.39, 0.29) is 0 Å². The number of benzene rings is 2. The third kappa shape index (κ3) is 3.37. The van der Waals surface area contributed by atoms with Crippen LogP contribution in [0.2, 0.25) is 5.02 Å². The molecule has 3 aromatic rings. The lowest BCUT2D eigenvalue weighted by molar-refractivity contribution is 0.414. The van der Waals surface area contributed by atoms with Crippen LogP contribution in [0.5, 0.6) is 5.75 Å². The molecule has 1 heterocycles. The molecular weight excluding hydrogens is 344 g/mol. The van der Waals surface area contributed by atoms with Gasteiger partial charge in [0.25, 0.3) is 0 Å². The van der Waals surface area contributed by atoms with Gasteiger partial charge >= 0.3 is 0 Å². The second kappa shape index (κ2) is 7.39. The number of nitriles is 1. The SMILES string of the molecule is COc1ccc(-n2c(SCC#N)nnc2-c2ccc(Cl)cc2)cc1. The molecule has 0 saturated carbocycles. The van der Waals surface area contributed by atoms with Gasteiger partial charge in [0.2, 0.25) is 0 Å². The molecule has 2 aromatic carbocycles. The van der Waals surface area contributed by atoms with Crippen LogP contribution in [0.1, 0.15) is 0 Å². The molecule has 0 fully saturated rings. The van der Waals surface area contributed by atoms with Crippen LogP contribution in [-0.2, 0) is 0 Å². The Kier molecular flexibility index (Phi) is 5.04. The minimum Gasteiger partial charge on any atom is -0.497 e. The summed E-state index contributed by atoms with van der Waals surface area (Å²) in [5, 5.41) is 18.7. The van der Waals surface area contributed by atoms with Gasteiger partial charge in [0.1, 0.15) is 5.75 Å². The molecule has 0 spiro atoms. The van der Waals surface area contributed by atoms with Gasteiger partial charge in [-0.1, -0.05) is 23.4 Å².